The fourth-order valence-electron chi connectivity index (χ4n) is 3.09. The Balaban J connectivity index is 1.79. The van der Waals surface area contributed by atoms with Crippen LogP contribution in [0.2, 0.25) is 0 Å². The zero-order chi connectivity index (χ0) is 18.8. The van der Waals surface area contributed by atoms with Crippen molar-refractivity contribution in [2.24, 2.45) is 0 Å². The standard InChI is InChI=1S/C18H20F3NO4/c19-18(20,21)13-3-1-2-12(10-13)17(6-8-25-9-7-17)16(24)26-11-15(23)22-14-4-5-14/h1-3,10,14H,4-9,11H2,(H,22,23). The molecular weight excluding hydrogens is 351 g/mol. The van der Waals surface area contributed by atoms with Crippen LogP contribution in [0.25, 0.3) is 0 Å². The topological polar surface area (TPSA) is 64.6 Å². The Kier molecular flexibility index (Phi) is 5.22. The lowest BCUT2D eigenvalue weighted by molar-refractivity contribution is -0.158. The number of halogens is 3. The predicted molar refractivity (Wildman–Crippen MR) is 85.3 cm³/mol. The van der Waals surface area contributed by atoms with Crippen LogP contribution in [0.3, 0.4) is 0 Å². The number of rotatable bonds is 5. The van der Waals surface area contributed by atoms with Crippen molar-refractivity contribution in [1.82, 2.24) is 5.32 Å². The van der Waals surface area contributed by atoms with E-state index in [0.717, 1.165) is 25.0 Å². The number of ether oxygens (including phenoxy) is 2. The van der Waals surface area contributed by atoms with Crippen molar-refractivity contribution < 1.29 is 32.2 Å². The van der Waals surface area contributed by atoms with E-state index in [0.29, 0.717) is 0 Å². The summed E-state index contributed by atoms with van der Waals surface area (Å²) >= 11 is 0. The SMILES string of the molecule is O=C(COC(=O)C1(c2cccc(C(F)(F)F)c2)CCOCC1)NC1CC1. The molecule has 1 heterocycles. The zero-order valence-electron chi connectivity index (χ0n) is 14.1. The largest absolute Gasteiger partial charge is 0.455 e. The van der Waals surface area contributed by atoms with Gasteiger partial charge in [0.25, 0.3) is 5.91 Å². The normalized spacial score (nSPS) is 19.7. The highest BCUT2D eigenvalue weighted by Gasteiger charge is 2.44. The molecule has 2 aliphatic rings. The minimum atomic E-state index is -4.50. The maximum Gasteiger partial charge on any atom is 0.416 e. The van der Waals surface area contributed by atoms with Crippen LogP contribution in [-0.2, 0) is 30.7 Å². The van der Waals surface area contributed by atoms with Gasteiger partial charge < -0.3 is 14.8 Å². The third-order valence-electron chi connectivity index (χ3n) is 4.76. The van der Waals surface area contributed by atoms with Crippen molar-refractivity contribution >= 4 is 11.9 Å². The minimum Gasteiger partial charge on any atom is -0.455 e. The van der Waals surface area contributed by atoms with Crippen LogP contribution in [-0.4, -0.2) is 37.7 Å². The highest BCUT2D eigenvalue weighted by atomic mass is 19.4. The van der Waals surface area contributed by atoms with Gasteiger partial charge in [0.05, 0.1) is 11.0 Å². The number of nitrogens with one attached hydrogen (secondary N) is 1. The molecule has 3 rings (SSSR count). The van der Waals surface area contributed by atoms with Crippen LogP contribution in [0.5, 0.6) is 0 Å². The number of alkyl halides is 3. The van der Waals surface area contributed by atoms with Gasteiger partial charge >= 0.3 is 12.1 Å². The van der Waals surface area contributed by atoms with Crippen molar-refractivity contribution in [1.29, 1.82) is 0 Å². The number of carbonyl (C=O) groups excluding carboxylic acids is 2. The van der Waals surface area contributed by atoms with E-state index in [1.165, 1.54) is 12.1 Å². The predicted octanol–water partition coefficient (Wildman–Crippen LogP) is 2.58. The van der Waals surface area contributed by atoms with Crippen LogP contribution < -0.4 is 5.32 Å². The van der Waals surface area contributed by atoms with Gasteiger partial charge in [-0.15, -0.1) is 0 Å². The quantitative estimate of drug-likeness (QED) is 0.808. The number of amides is 1. The van der Waals surface area contributed by atoms with Crippen molar-refractivity contribution in [2.75, 3.05) is 19.8 Å². The summed E-state index contributed by atoms with van der Waals surface area (Å²) in [5.41, 5.74) is -1.82. The van der Waals surface area contributed by atoms with Crippen LogP contribution in [0.4, 0.5) is 13.2 Å². The minimum absolute atomic E-state index is 0.140. The van der Waals surface area contributed by atoms with E-state index in [1.54, 1.807) is 0 Å². The molecular formula is C18H20F3NO4. The molecule has 142 valence electrons. The van der Waals surface area contributed by atoms with E-state index in [2.05, 4.69) is 5.32 Å². The Labute approximate surface area is 148 Å². The molecule has 1 N–H and O–H groups in total. The Bertz CT molecular complexity index is 679. The van der Waals surface area contributed by atoms with E-state index >= 15 is 0 Å². The molecule has 1 aromatic carbocycles. The van der Waals surface area contributed by atoms with Crippen molar-refractivity contribution in [3.05, 3.63) is 35.4 Å². The van der Waals surface area contributed by atoms with Gasteiger partial charge in [0, 0.05) is 19.3 Å². The van der Waals surface area contributed by atoms with Gasteiger partial charge in [-0.3, -0.25) is 9.59 Å². The van der Waals surface area contributed by atoms with Gasteiger partial charge in [-0.25, -0.2) is 0 Å². The van der Waals surface area contributed by atoms with Crippen LogP contribution in [0, 0.1) is 0 Å². The first-order valence-electron chi connectivity index (χ1n) is 8.53. The summed E-state index contributed by atoms with van der Waals surface area (Å²) < 4.78 is 49.6. The second-order valence-electron chi connectivity index (χ2n) is 6.69. The third-order valence-corrected chi connectivity index (χ3v) is 4.76. The molecule has 1 saturated carbocycles. The Hall–Kier alpha value is -2.09. The molecule has 0 aromatic heterocycles. The Morgan fingerprint density at radius 2 is 1.92 bits per heavy atom. The lowest BCUT2D eigenvalue weighted by Crippen LogP contribution is -2.44. The highest BCUT2D eigenvalue weighted by Crippen LogP contribution is 2.39. The van der Waals surface area contributed by atoms with E-state index in [1.807, 2.05) is 0 Å². The van der Waals surface area contributed by atoms with Gasteiger partial charge in [0.15, 0.2) is 6.61 Å². The molecule has 1 aromatic rings. The third kappa shape index (κ3) is 4.17. The average molecular weight is 371 g/mol. The smallest absolute Gasteiger partial charge is 0.416 e. The van der Waals surface area contributed by atoms with Crippen molar-refractivity contribution in [2.45, 2.75) is 43.3 Å². The Morgan fingerprint density at radius 1 is 1.23 bits per heavy atom. The summed E-state index contributed by atoms with van der Waals surface area (Å²) in [6.07, 6.45) is -2.28. The summed E-state index contributed by atoms with van der Waals surface area (Å²) in [5.74, 6) is -1.09. The monoisotopic (exact) mass is 371 g/mol. The summed E-state index contributed by atoms with van der Waals surface area (Å²) in [5, 5.41) is 2.70. The van der Waals surface area contributed by atoms with Gasteiger partial charge in [0.1, 0.15) is 0 Å². The van der Waals surface area contributed by atoms with Gasteiger partial charge in [0.2, 0.25) is 0 Å². The molecule has 5 nitrogen and oxygen atoms in total. The number of benzene rings is 1. The van der Waals surface area contributed by atoms with E-state index in [4.69, 9.17) is 9.47 Å². The Morgan fingerprint density at radius 3 is 2.54 bits per heavy atom. The summed E-state index contributed by atoms with van der Waals surface area (Å²) in [7, 11) is 0. The molecule has 1 aliphatic heterocycles. The van der Waals surface area contributed by atoms with E-state index < -0.39 is 35.6 Å². The fraction of sp³-hybridized carbons (Fsp3) is 0.556. The number of esters is 1. The first-order valence-corrected chi connectivity index (χ1v) is 8.53. The molecule has 1 saturated heterocycles. The highest BCUT2D eigenvalue weighted by molar-refractivity contribution is 5.86. The van der Waals surface area contributed by atoms with Crippen molar-refractivity contribution in [3.8, 4) is 0 Å². The molecule has 1 aliphatic carbocycles. The molecule has 0 radical (unpaired) electrons. The van der Waals surface area contributed by atoms with Gasteiger partial charge in [-0.05, 0) is 37.3 Å². The van der Waals surface area contributed by atoms with E-state index in [-0.39, 0.29) is 37.7 Å². The second-order valence-corrected chi connectivity index (χ2v) is 6.69. The lowest BCUT2D eigenvalue weighted by Gasteiger charge is -2.35. The van der Waals surface area contributed by atoms with Crippen LogP contribution in [0.15, 0.2) is 24.3 Å². The first-order chi connectivity index (χ1) is 12.3. The molecule has 0 spiro atoms. The number of hydrogen-bond acceptors (Lipinski definition) is 4. The molecule has 26 heavy (non-hydrogen) atoms. The molecule has 0 bridgehead atoms. The molecule has 0 atom stereocenters. The number of carbonyl (C=O) groups is 2. The van der Waals surface area contributed by atoms with Crippen LogP contribution >= 0.6 is 0 Å². The lowest BCUT2D eigenvalue weighted by atomic mass is 9.74. The fourth-order valence-corrected chi connectivity index (χ4v) is 3.09. The average Bonchev–Trinajstić information content (AvgIpc) is 3.43. The van der Waals surface area contributed by atoms with Crippen molar-refractivity contribution in [3.63, 3.8) is 0 Å². The summed E-state index contributed by atoms with van der Waals surface area (Å²) in [6, 6.07) is 4.86. The molecule has 8 heteroatoms. The van der Waals surface area contributed by atoms with Gasteiger partial charge in [-0.1, -0.05) is 18.2 Å². The maximum atomic E-state index is 13.0. The molecule has 2 fully saturated rings. The summed E-state index contributed by atoms with van der Waals surface area (Å²) in [4.78, 5) is 24.5. The number of hydrogen-bond donors (Lipinski definition) is 1. The molecule has 0 unspecified atom stereocenters. The zero-order valence-corrected chi connectivity index (χ0v) is 14.1. The second kappa shape index (κ2) is 7.26. The van der Waals surface area contributed by atoms with E-state index in [9.17, 15) is 22.8 Å². The van der Waals surface area contributed by atoms with Crippen LogP contribution in [0.1, 0.15) is 36.8 Å². The first kappa shape index (κ1) is 18.7. The molecule has 1 amide bonds. The summed E-state index contributed by atoms with van der Waals surface area (Å²) in [6.45, 7) is 0.0378. The van der Waals surface area contributed by atoms with Gasteiger partial charge in [-0.2, -0.15) is 13.2 Å². The maximum absolute atomic E-state index is 13.0.